The van der Waals surface area contributed by atoms with E-state index in [-0.39, 0.29) is 0 Å². The van der Waals surface area contributed by atoms with Gasteiger partial charge in [0.2, 0.25) is 0 Å². The highest BCUT2D eigenvalue weighted by atomic mass is 32.1. The van der Waals surface area contributed by atoms with Crippen LogP contribution in [-0.4, -0.2) is 26.9 Å². The normalized spacial score (nSPS) is 22.6. The van der Waals surface area contributed by atoms with Gasteiger partial charge in [0.25, 0.3) is 0 Å². The van der Waals surface area contributed by atoms with Gasteiger partial charge in [0.15, 0.2) is 0 Å². The molecule has 0 aliphatic heterocycles. The van der Waals surface area contributed by atoms with Gasteiger partial charge in [-0.3, -0.25) is 0 Å². The Balaban J connectivity index is 1.98. The van der Waals surface area contributed by atoms with E-state index in [1.165, 1.54) is 24.2 Å². The number of rotatable bonds is 3. The molecule has 1 saturated carbocycles. The van der Waals surface area contributed by atoms with Crippen molar-refractivity contribution < 1.29 is 10.2 Å². The zero-order chi connectivity index (χ0) is 11.4. The first kappa shape index (κ1) is 12.0. The molecule has 1 fully saturated rings. The predicted octanol–water partition coefficient (Wildman–Crippen LogP) is 2.13. The minimum absolute atomic E-state index is 0.480. The van der Waals surface area contributed by atoms with E-state index in [1.807, 2.05) is 5.38 Å². The maximum absolute atomic E-state index is 10.4. The second kappa shape index (κ2) is 5.25. The molecule has 1 aliphatic carbocycles. The molecule has 2 rings (SSSR count). The number of aliphatic hydroxyl groups is 2. The molecule has 0 saturated heterocycles. The minimum atomic E-state index is -0.887. The number of aromatic nitrogens is 1. The van der Waals surface area contributed by atoms with Crippen LogP contribution in [0.25, 0.3) is 0 Å². The lowest BCUT2D eigenvalue weighted by molar-refractivity contribution is -0.0836. The van der Waals surface area contributed by atoms with Crippen LogP contribution in [0.3, 0.4) is 0 Å². The lowest BCUT2D eigenvalue weighted by Gasteiger charge is -2.31. The summed E-state index contributed by atoms with van der Waals surface area (Å²) in [6, 6.07) is 0. The Labute approximate surface area is 100 Å². The monoisotopic (exact) mass is 241 g/mol. The SMILES string of the molecule is OC(Cc1nccs1)C1(O)CCCCCC1. The highest BCUT2D eigenvalue weighted by Crippen LogP contribution is 2.31. The van der Waals surface area contributed by atoms with Crippen LogP contribution < -0.4 is 0 Å². The average molecular weight is 241 g/mol. The molecule has 90 valence electrons. The zero-order valence-corrected chi connectivity index (χ0v) is 10.2. The maximum Gasteiger partial charge on any atom is 0.0951 e. The Bertz CT molecular complexity index is 305. The highest BCUT2D eigenvalue weighted by Gasteiger charge is 2.36. The zero-order valence-electron chi connectivity index (χ0n) is 9.43. The first-order chi connectivity index (χ1) is 7.71. The number of aliphatic hydroxyl groups excluding tert-OH is 1. The van der Waals surface area contributed by atoms with Gasteiger partial charge in [-0.15, -0.1) is 11.3 Å². The van der Waals surface area contributed by atoms with Crippen molar-refractivity contribution in [2.24, 2.45) is 0 Å². The molecule has 2 N–H and O–H groups in total. The van der Waals surface area contributed by atoms with Crippen LogP contribution in [0.2, 0.25) is 0 Å². The Morgan fingerprint density at radius 1 is 1.31 bits per heavy atom. The van der Waals surface area contributed by atoms with Gasteiger partial charge in [0.05, 0.1) is 16.7 Å². The van der Waals surface area contributed by atoms with Crippen molar-refractivity contribution in [1.29, 1.82) is 0 Å². The van der Waals surface area contributed by atoms with E-state index in [9.17, 15) is 10.2 Å². The summed E-state index contributed by atoms with van der Waals surface area (Å²) in [4.78, 5) is 4.15. The molecule has 1 aliphatic rings. The van der Waals surface area contributed by atoms with Gasteiger partial charge in [0.1, 0.15) is 0 Å². The summed E-state index contributed by atoms with van der Waals surface area (Å²) in [7, 11) is 0. The third-order valence-electron chi connectivity index (χ3n) is 3.44. The first-order valence-corrected chi connectivity index (χ1v) is 6.87. The van der Waals surface area contributed by atoms with Gasteiger partial charge in [-0.05, 0) is 12.8 Å². The molecule has 1 unspecified atom stereocenters. The summed E-state index contributed by atoms with van der Waals surface area (Å²) in [5.74, 6) is 0. The van der Waals surface area contributed by atoms with E-state index in [0.717, 1.165) is 30.7 Å². The van der Waals surface area contributed by atoms with E-state index in [2.05, 4.69) is 4.98 Å². The number of thiazole rings is 1. The van der Waals surface area contributed by atoms with E-state index in [4.69, 9.17) is 0 Å². The maximum atomic E-state index is 10.4. The summed E-state index contributed by atoms with van der Waals surface area (Å²) in [5.41, 5.74) is -0.887. The molecule has 3 nitrogen and oxygen atoms in total. The van der Waals surface area contributed by atoms with Crippen molar-refractivity contribution in [3.63, 3.8) is 0 Å². The lowest BCUT2D eigenvalue weighted by atomic mass is 9.87. The van der Waals surface area contributed by atoms with Gasteiger partial charge in [-0.25, -0.2) is 4.98 Å². The van der Waals surface area contributed by atoms with E-state index < -0.39 is 11.7 Å². The van der Waals surface area contributed by atoms with Crippen molar-refractivity contribution in [3.05, 3.63) is 16.6 Å². The Morgan fingerprint density at radius 2 is 2.00 bits per heavy atom. The van der Waals surface area contributed by atoms with Crippen LogP contribution in [0.15, 0.2) is 11.6 Å². The van der Waals surface area contributed by atoms with Crippen molar-refractivity contribution >= 4 is 11.3 Å². The Hall–Kier alpha value is -0.450. The predicted molar refractivity (Wildman–Crippen MR) is 64.5 cm³/mol. The highest BCUT2D eigenvalue weighted by molar-refractivity contribution is 7.09. The van der Waals surface area contributed by atoms with Crippen LogP contribution in [0.1, 0.15) is 43.5 Å². The van der Waals surface area contributed by atoms with Gasteiger partial charge >= 0.3 is 0 Å². The Morgan fingerprint density at radius 3 is 2.56 bits per heavy atom. The first-order valence-electron chi connectivity index (χ1n) is 5.99. The van der Waals surface area contributed by atoms with Crippen LogP contribution in [-0.2, 0) is 6.42 Å². The second-order valence-corrected chi connectivity index (χ2v) is 5.64. The molecule has 1 aromatic rings. The van der Waals surface area contributed by atoms with Crippen LogP contribution in [0, 0.1) is 0 Å². The molecule has 0 radical (unpaired) electrons. The molecule has 0 bridgehead atoms. The van der Waals surface area contributed by atoms with Crippen LogP contribution >= 0.6 is 11.3 Å². The van der Waals surface area contributed by atoms with Crippen molar-refractivity contribution in [2.75, 3.05) is 0 Å². The number of nitrogens with zero attached hydrogens (tertiary/aromatic N) is 1. The molecule has 1 atom stereocenters. The smallest absolute Gasteiger partial charge is 0.0951 e. The number of hydrogen-bond donors (Lipinski definition) is 2. The third kappa shape index (κ3) is 2.81. The minimum Gasteiger partial charge on any atom is -0.390 e. The fourth-order valence-corrected chi connectivity index (χ4v) is 3.04. The topological polar surface area (TPSA) is 53.4 Å². The molecule has 16 heavy (non-hydrogen) atoms. The molecule has 0 aromatic carbocycles. The summed E-state index contributed by atoms with van der Waals surface area (Å²) >= 11 is 1.54. The number of hydrogen-bond acceptors (Lipinski definition) is 4. The van der Waals surface area contributed by atoms with Crippen molar-refractivity contribution in [1.82, 2.24) is 4.98 Å². The fourth-order valence-electron chi connectivity index (χ4n) is 2.38. The molecule has 4 heteroatoms. The molecule has 0 amide bonds. The van der Waals surface area contributed by atoms with Gasteiger partial charge in [-0.2, -0.15) is 0 Å². The van der Waals surface area contributed by atoms with Crippen molar-refractivity contribution in [3.8, 4) is 0 Å². The standard InChI is InChI=1S/C12H19NO2S/c14-10(9-11-13-7-8-16-11)12(15)5-3-1-2-4-6-12/h7-8,10,14-15H,1-6,9H2. The largest absolute Gasteiger partial charge is 0.390 e. The lowest BCUT2D eigenvalue weighted by Crippen LogP contribution is -2.43. The summed E-state index contributed by atoms with van der Waals surface area (Å²) < 4.78 is 0. The third-order valence-corrected chi connectivity index (χ3v) is 4.24. The molecular weight excluding hydrogens is 222 g/mol. The summed E-state index contributed by atoms with van der Waals surface area (Å²) in [6.45, 7) is 0. The van der Waals surface area contributed by atoms with E-state index in [0.29, 0.717) is 6.42 Å². The van der Waals surface area contributed by atoms with Gasteiger partial charge in [-0.1, -0.05) is 25.7 Å². The van der Waals surface area contributed by atoms with Gasteiger partial charge < -0.3 is 10.2 Å². The quantitative estimate of drug-likeness (QED) is 0.797. The van der Waals surface area contributed by atoms with E-state index in [1.54, 1.807) is 6.20 Å². The van der Waals surface area contributed by atoms with Crippen LogP contribution in [0.4, 0.5) is 0 Å². The van der Waals surface area contributed by atoms with Crippen molar-refractivity contribution in [2.45, 2.75) is 56.7 Å². The van der Waals surface area contributed by atoms with Gasteiger partial charge in [0, 0.05) is 18.0 Å². The molecule has 1 heterocycles. The molecular formula is C12H19NO2S. The van der Waals surface area contributed by atoms with E-state index >= 15 is 0 Å². The molecule has 0 spiro atoms. The summed E-state index contributed by atoms with van der Waals surface area (Å²) in [5, 5.41) is 23.4. The summed E-state index contributed by atoms with van der Waals surface area (Å²) in [6.07, 6.45) is 7.38. The molecule has 1 aromatic heterocycles. The Kier molecular flexibility index (Phi) is 3.95. The van der Waals surface area contributed by atoms with Crippen LogP contribution in [0.5, 0.6) is 0 Å². The fraction of sp³-hybridized carbons (Fsp3) is 0.750. The average Bonchev–Trinajstić information content (AvgIpc) is 2.66. The second-order valence-electron chi connectivity index (χ2n) is 4.66.